The Kier molecular flexibility index (Phi) is 4.82. The fourth-order valence-electron chi connectivity index (χ4n) is 1.82. The molecule has 0 spiro atoms. The van der Waals surface area contributed by atoms with Gasteiger partial charge in [-0.05, 0) is 11.6 Å². The monoisotopic (exact) mass is 317 g/mol. The Morgan fingerprint density at radius 2 is 1.52 bits per heavy atom. The summed E-state index contributed by atoms with van der Waals surface area (Å²) >= 11 is 0. The maximum absolute atomic E-state index is 11.8. The number of amides is 1. The number of ether oxygens (including phenoxy) is 1. The Labute approximate surface area is 129 Å². The third-order valence-electron chi connectivity index (χ3n) is 2.85. The molecule has 0 radical (unpaired) electrons. The smallest absolute Gasteiger partial charge is 0.412 e. The van der Waals surface area contributed by atoms with Crippen LogP contribution in [0.5, 0.6) is 0 Å². The molecule has 0 aliphatic carbocycles. The fraction of sp³-hybridized carbons (Fsp3) is 0.0714. The number of carbonyl (C=O) groups is 1. The van der Waals surface area contributed by atoms with Gasteiger partial charge in [0.2, 0.25) is 5.69 Å². The average molecular weight is 317 g/mol. The SMILES string of the molecule is O=C(Nc1c([N+](=O)[O-])cccc1[N+](=O)[O-])OCc1ccccc1. The third-order valence-corrected chi connectivity index (χ3v) is 2.85. The Balaban J connectivity index is 2.16. The minimum Gasteiger partial charge on any atom is -0.444 e. The Morgan fingerprint density at radius 3 is 2.04 bits per heavy atom. The van der Waals surface area contributed by atoms with E-state index in [4.69, 9.17) is 4.74 Å². The first-order valence-corrected chi connectivity index (χ1v) is 6.38. The maximum atomic E-state index is 11.8. The Bertz CT molecular complexity index is 715. The molecule has 0 atom stereocenters. The number of rotatable bonds is 5. The highest BCUT2D eigenvalue weighted by Gasteiger charge is 2.26. The van der Waals surface area contributed by atoms with Crippen LogP contribution in [0.15, 0.2) is 48.5 Å². The Morgan fingerprint density at radius 1 is 0.957 bits per heavy atom. The van der Waals surface area contributed by atoms with Crippen LogP contribution in [-0.4, -0.2) is 15.9 Å². The summed E-state index contributed by atoms with van der Waals surface area (Å²) in [4.78, 5) is 32.0. The van der Waals surface area contributed by atoms with Gasteiger partial charge in [-0.3, -0.25) is 25.5 Å². The zero-order chi connectivity index (χ0) is 16.8. The molecule has 0 aliphatic rings. The molecule has 0 fully saturated rings. The van der Waals surface area contributed by atoms with E-state index in [2.05, 4.69) is 5.32 Å². The second-order valence-corrected chi connectivity index (χ2v) is 4.37. The number of hydrogen-bond acceptors (Lipinski definition) is 6. The zero-order valence-electron chi connectivity index (χ0n) is 11.7. The lowest BCUT2D eigenvalue weighted by molar-refractivity contribution is -0.392. The van der Waals surface area contributed by atoms with Gasteiger partial charge in [-0.1, -0.05) is 30.3 Å². The normalized spacial score (nSPS) is 9.91. The number of nitro groups is 2. The van der Waals surface area contributed by atoms with Crippen molar-refractivity contribution in [3.05, 3.63) is 74.3 Å². The summed E-state index contributed by atoms with van der Waals surface area (Å²) < 4.78 is 4.91. The van der Waals surface area contributed by atoms with E-state index in [-0.39, 0.29) is 6.61 Å². The molecule has 0 saturated heterocycles. The predicted octanol–water partition coefficient (Wildman–Crippen LogP) is 3.25. The van der Waals surface area contributed by atoms with Gasteiger partial charge in [0.05, 0.1) is 9.85 Å². The van der Waals surface area contributed by atoms with Crippen molar-refractivity contribution < 1.29 is 19.4 Å². The number of benzene rings is 2. The molecule has 2 rings (SSSR count). The maximum Gasteiger partial charge on any atom is 0.412 e. The van der Waals surface area contributed by atoms with Crippen LogP contribution in [0, 0.1) is 20.2 Å². The van der Waals surface area contributed by atoms with E-state index < -0.39 is 33.0 Å². The number of hydrogen-bond donors (Lipinski definition) is 1. The standard InChI is InChI=1S/C14H11N3O6/c18-14(23-9-10-5-2-1-3-6-10)15-13-11(16(19)20)7-4-8-12(13)17(21)22/h1-8H,9H2,(H,15,18). The van der Waals surface area contributed by atoms with Crippen molar-refractivity contribution in [1.29, 1.82) is 0 Å². The molecule has 0 saturated carbocycles. The average Bonchev–Trinajstić information content (AvgIpc) is 2.53. The van der Waals surface area contributed by atoms with Crippen molar-refractivity contribution in [1.82, 2.24) is 0 Å². The van der Waals surface area contributed by atoms with Crippen molar-refractivity contribution in [2.24, 2.45) is 0 Å². The van der Waals surface area contributed by atoms with Crippen molar-refractivity contribution >= 4 is 23.2 Å². The van der Waals surface area contributed by atoms with E-state index in [9.17, 15) is 25.0 Å². The highest BCUT2D eigenvalue weighted by molar-refractivity contribution is 5.91. The molecule has 0 unspecified atom stereocenters. The second-order valence-electron chi connectivity index (χ2n) is 4.37. The molecule has 0 heterocycles. The van der Waals surface area contributed by atoms with Gasteiger partial charge in [0.1, 0.15) is 6.61 Å². The molecule has 9 heteroatoms. The third kappa shape index (κ3) is 4.00. The van der Waals surface area contributed by atoms with Gasteiger partial charge < -0.3 is 4.74 Å². The topological polar surface area (TPSA) is 125 Å². The molecule has 2 aromatic rings. The summed E-state index contributed by atoms with van der Waals surface area (Å²) in [6.45, 7) is -0.0684. The summed E-state index contributed by atoms with van der Waals surface area (Å²) in [6, 6.07) is 12.0. The van der Waals surface area contributed by atoms with Crippen LogP contribution in [0.3, 0.4) is 0 Å². The summed E-state index contributed by atoms with van der Waals surface area (Å²) in [7, 11) is 0. The van der Waals surface area contributed by atoms with Crippen LogP contribution in [-0.2, 0) is 11.3 Å². The molecule has 0 aromatic heterocycles. The van der Waals surface area contributed by atoms with Crippen LogP contribution < -0.4 is 5.32 Å². The summed E-state index contributed by atoms with van der Waals surface area (Å²) in [5.74, 6) is 0. The lowest BCUT2D eigenvalue weighted by atomic mass is 10.2. The highest BCUT2D eigenvalue weighted by atomic mass is 16.6. The first kappa shape index (κ1) is 15.9. The van der Waals surface area contributed by atoms with Crippen molar-refractivity contribution in [3.8, 4) is 0 Å². The lowest BCUT2D eigenvalue weighted by Gasteiger charge is -2.08. The van der Waals surface area contributed by atoms with Crippen molar-refractivity contribution in [2.45, 2.75) is 6.61 Å². The molecule has 23 heavy (non-hydrogen) atoms. The molecule has 9 nitrogen and oxygen atoms in total. The van der Waals surface area contributed by atoms with E-state index in [1.54, 1.807) is 30.3 Å². The number of nitrogens with zero attached hydrogens (tertiary/aromatic N) is 2. The molecule has 2 aromatic carbocycles. The molecule has 1 N–H and O–H groups in total. The number of nitrogens with one attached hydrogen (secondary N) is 1. The van der Waals surface area contributed by atoms with E-state index in [0.29, 0.717) is 5.56 Å². The zero-order valence-corrected chi connectivity index (χ0v) is 11.7. The van der Waals surface area contributed by atoms with Crippen molar-refractivity contribution in [2.75, 3.05) is 5.32 Å². The fourth-order valence-corrected chi connectivity index (χ4v) is 1.82. The first-order chi connectivity index (χ1) is 11.0. The number of anilines is 1. The van der Waals surface area contributed by atoms with Crippen LogP contribution in [0.25, 0.3) is 0 Å². The summed E-state index contributed by atoms with van der Waals surface area (Å²) in [6.07, 6.45) is -1.02. The van der Waals surface area contributed by atoms with E-state index >= 15 is 0 Å². The quantitative estimate of drug-likeness (QED) is 0.666. The number of nitro benzene ring substituents is 2. The first-order valence-electron chi connectivity index (χ1n) is 6.38. The van der Waals surface area contributed by atoms with Gasteiger partial charge in [-0.25, -0.2) is 4.79 Å². The van der Waals surface area contributed by atoms with E-state index in [1.165, 1.54) is 0 Å². The number of carbonyl (C=O) groups excluding carboxylic acids is 1. The van der Waals surface area contributed by atoms with Gasteiger partial charge in [-0.2, -0.15) is 0 Å². The van der Waals surface area contributed by atoms with Gasteiger partial charge in [-0.15, -0.1) is 0 Å². The van der Waals surface area contributed by atoms with Gasteiger partial charge >= 0.3 is 6.09 Å². The minimum absolute atomic E-state index is 0.0684. The molecule has 1 amide bonds. The highest BCUT2D eigenvalue weighted by Crippen LogP contribution is 2.33. The lowest BCUT2D eigenvalue weighted by Crippen LogP contribution is -2.15. The van der Waals surface area contributed by atoms with Crippen molar-refractivity contribution in [3.63, 3.8) is 0 Å². The van der Waals surface area contributed by atoms with Gasteiger partial charge in [0, 0.05) is 12.1 Å². The second kappa shape index (κ2) is 6.98. The van der Waals surface area contributed by atoms with E-state index in [1.807, 2.05) is 0 Å². The number of para-hydroxylation sites is 1. The minimum atomic E-state index is -1.02. The van der Waals surface area contributed by atoms with Crippen LogP contribution in [0.1, 0.15) is 5.56 Å². The van der Waals surface area contributed by atoms with E-state index in [0.717, 1.165) is 18.2 Å². The summed E-state index contributed by atoms with van der Waals surface area (Å²) in [5.41, 5.74) is -0.980. The van der Waals surface area contributed by atoms with Gasteiger partial charge in [0.25, 0.3) is 11.4 Å². The molecule has 0 bridgehead atoms. The molecular formula is C14H11N3O6. The largest absolute Gasteiger partial charge is 0.444 e. The predicted molar refractivity (Wildman–Crippen MR) is 80.0 cm³/mol. The van der Waals surface area contributed by atoms with Crippen LogP contribution >= 0.6 is 0 Å². The summed E-state index contributed by atoms with van der Waals surface area (Å²) in [5, 5.41) is 24.0. The van der Waals surface area contributed by atoms with Crippen LogP contribution in [0.4, 0.5) is 21.9 Å². The molecule has 0 aliphatic heterocycles. The van der Waals surface area contributed by atoms with Gasteiger partial charge in [0.15, 0.2) is 0 Å². The molecule has 118 valence electrons. The molecular weight excluding hydrogens is 306 g/mol. The Hall–Kier alpha value is -3.49. The van der Waals surface area contributed by atoms with Crippen LogP contribution in [0.2, 0.25) is 0 Å².